The second kappa shape index (κ2) is 12.2. The van der Waals surface area contributed by atoms with Crippen molar-refractivity contribution in [1.29, 1.82) is 0 Å². The van der Waals surface area contributed by atoms with Crippen molar-refractivity contribution < 1.29 is 27.2 Å². The van der Waals surface area contributed by atoms with E-state index >= 15 is 0 Å². The zero-order valence-electron chi connectivity index (χ0n) is 22.5. The molecule has 1 aliphatic heterocycles. The molecule has 0 spiro atoms. The first kappa shape index (κ1) is 28.5. The molecule has 1 fully saturated rings. The van der Waals surface area contributed by atoms with Crippen molar-refractivity contribution in [3.63, 3.8) is 0 Å². The third-order valence-corrected chi connectivity index (χ3v) is 9.47. The van der Waals surface area contributed by atoms with E-state index < -0.39 is 40.2 Å². The summed E-state index contributed by atoms with van der Waals surface area (Å²) in [5, 5.41) is 3.11. The van der Waals surface area contributed by atoms with E-state index in [4.69, 9.17) is 0 Å². The van der Waals surface area contributed by atoms with E-state index in [0.717, 1.165) is 37.7 Å². The highest BCUT2D eigenvalue weighted by molar-refractivity contribution is 7.90. The highest BCUT2D eigenvalue weighted by Crippen LogP contribution is 2.30. The average Bonchev–Trinajstić information content (AvgIpc) is 3.17. The average molecular weight is 578 g/mol. The molecular formula is C31H32FN3O5S. The highest BCUT2D eigenvalue weighted by Gasteiger charge is 2.43. The van der Waals surface area contributed by atoms with E-state index in [2.05, 4.69) is 5.32 Å². The number of sulfonamides is 1. The van der Waals surface area contributed by atoms with Crippen molar-refractivity contribution in [1.82, 2.24) is 14.5 Å². The molecule has 10 heteroatoms. The lowest BCUT2D eigenvalue weighted by atomic mass is 9.94. The minimum absolute atomic E-state index is 0.00117. The molecule has 3 aromatic rings. The molecule has 0 unspecified atom stereocenters. The lowest BCUT2D eigenvalue weighted by Gasteiger charge is -2.34. The smallest absolute Gasteiger partial charge is 0.269 e. The van der Waals surface area contributed by atoms with Crippen molar-refractivity contribution >= 4 is 27.7 Å². The lowest BCUT2D eigenvalue weighted by molar-refractivity contribution is -0.141. The molecule has 1 saturated carbocycles. The Labute approximate surface area is 239 Å². The molecule has 41 heavy (non-hydrogen) atoms. The molecule has 0 aromatic heterocycles. The number of fused-ring (bicyclic) bond motifs is 1. The number of carbonyl (C=O) groups is 3. The van der Waals surface area contributed by atoms with Crippen LogP contribution >= 0.6 is 0 Å². The first-order valence-corrected chi connectivity index (χ1v) is 15.2. The Balaban J connectivity index is 1.48. The van der Waals surface area contributed by atoms with Crippen LogP contribution in [-0.2, 0) is 32.6 Å². The Morgan fingerprint density at radius 3 is 2.24 bits per heavy atom. The van der Waals surface area contributed by atoms with E-state index in [-0.39, 0.29) is 35.4 Å². The van der Waals surface area contributed by atoms with Crippen molar-refractivity contribution in [2.75, 3.05) is 6.54 Å². The fourth-order valence-corrected chi connectivity index (χ4v) is 7.00. The largest absolute Gasteiger partial charge is 0.352 e. The van der Waals surface area contributed by atoms with E-state index in [1.165, 1.54) is 47.4 Å². The predicted octanol–water partition coefficient (Wildman–Crippen LogP) is 4.06. The van der Waals surface area contributed by atoms with Crippen molar-refractivity contribution in [3.05, 3.63) is 101 Å². The standard InChI is InChI=1S/C31H32FN3O5S/c32-24-17-15-23(16-18-24)20-34(29(36)21-35-31(38)26-13-7-8-14-28(26)41(35,39)40)27(19-22-9-3-1-4-10-22)30(37)33-25-11-5-2-6-12-25/h1,3-4,7-10,13-18,25,27H,2,5-6,11-12,19-21H2,(H,33,37)/t27-/m0/s1. The van der Waals surface area contributed by atoms with Crippen molar-refractivity contribution in [2.24, 2.45) is 0 Å². The topological polar surface area (TPSA) is 104 Å². The first-order chi connectivity index (χ1) is 19.7. The second-order valence-electron chi connectivity index (χ2n) is 10.5. The van der Waals surface area contributed by atoms with E-state index in [0.29, 0.717) is 9.87 Å². The molecule has 214 valence electrons. The molecule has 0 saturated heterocycles. The number of hydrogen-bond acceptors (Lipinski definition) is 5. The van der Waals surface area contributed by atoms with Gasteiger partial charge in [-0.25, -0.2) is 17.1 Å². The van der Waals surface area contributed by atoms with Crippen LogP contribution in [0.3, 0.4) is 0 Å². The van der Waals surface area contributed by atoms with Crippen LogP contribution in [0.1, 0.15) is 53.6 Å². The lowest BCUT2D eigenvalue weighted by Crippen LogP contribution is -2.55. The molecule has 1 atom stereocenters. The quantitative estimate of drug-likeness (QED) is 0.413. The second-order valence-corrected chi connectivity index (χ2v) is 12.3. The van der Waals surface area contributed by atoms with Crippen LogP contribution in [0.15, 0.2) is 83.8 Å². The Morgan fingerprint density at radius 1 is 0.902 bits per heavy atom. The van der Waals surface area contributed by atoms with Gasteiger partial charge in [-0.1, -0.05) is 73.9 Å². The van der Waals surface area contributed by atoms with Gasteiger partial charge in [-0.15, -0.1) is 0 Å². The maximum absolute atomic E-state index is 14.0. The van der Waals surface area contributed by atoms with E-state index in [9.17, 15) is 27.2 Å². The van der Waals surface area contributed by atoms with Gasteiger partial charge in [-0.3, -0.25) is 14.4 Å². The minimum Gasteiger partial charge on any atom is -0.352 e. The molecule has 2 aliphatic rings. The molecule has 1 heterocycles. The Kier molecular flexibility index (Phi) is 8.49. The molecule has 3 amide bonds. The molecule has 1 aliphatic carbocycles. The summed E-state index contributed by atoms with van der Waals surface area (Å²) >= 11 is 0. The fraction of sp³-hybridized carbons (Fsp3) is 0.323. The van der Waals surface area contributed by atoms with Crippen LogP contribution in [0, 0.1) is 5.82 Å². The van der Waals surface area contributed by atoms with Gasteiger partial charge in [0.1, 0.15) is 23.3 Å². The van der Waals surface area contributed by atoms with Crippen LogP contribution in [-0.4, -0.2) is 54.0 Å². The molecule has 0 bridgehead atoms. The fourth-order valence-electron chi connectivity index (χ4n) is 5.49. The van der Waals surface area contributed by atoms with E-state index in [1.54, 1.807) is 6.07 Å². The number of hydrogen-bond donors (Lipinski definition) is 1. The Hall–Kier alpha value is -4.05. The molecule has 5 rings (SSSR count). The van der Waals surface area contributed by atoms with Gasteiger partial charge in [0.2, 0.25) is 11.8 Å². The number of halogens is 1. The van der Waals surface area contributed by atoms with Crippen LogP contribution in [0.25, 0.3) is 0 Å². The van der Waals surface area contributed by atoms with Gasteiger partial charge in [0.15, 0.2) is 0 Å². The molecular weight excluding hydrogens is 545 g/mol. The Bertz CT molecular complexity index is 1520. The maximum atomic E-state index is 14.0. The van der Waals surface area contributed by atoms with Gasteiger partial charge < -0.3 is 10.2 Å². The third kappa shape index (κ3) is 6.32. The van der Waals surface area contributed by atoms with Crippen LogP contribution in [0.2, 0.25) is 0 Å². The Morgan fingerprint density at radius 2 is 1.56 bits per heavy atom. The van der Waals surface area contributed by atoms with Crippen molar-refractivity contribution in [3.8, 4) is 0 Å². The highest BCUT2D eigenvalue weighted by atomic mass is 32.2. The number of benzene rings is 3. The molecule has 8 nitrogen and oxygen atoms in total. The summed E-state index contributed by atoms with van der Waals surface area (Å²) < 4.78 is 40.7. The minimum atomic E-state index is -4.24. The van der Waals surface area contributed by atoms with Crippen molar-refractivity contribution in [2.45, 2.75) is 62.0 Å². The summed E-state index contributed by atoms with van der Waals surface area (Å²) in [6, 6.07) is 19.6. The summed E-state index contributed by atoms with van der Waals surface area (Å²) in [6.07, 6.45) is 4.97. The first-order valence-electron chi connectivity index (χ1n) is 13.8. The summed E-state index contributed by atoms with van der Waals surface area (Å²) in [5.41, 5.74) is 1.37. The van der Waals surface area contributed by atoms with Gasteiger partial charge in [-0.05, 0) is 48.2 Å². The number of nitrogens with zero attached hydrogens (tertiary/aromatic N) is 2. The van der Waals surface area contributed by atoms with Gasteiger partial charge in [-0.2, -0.15) is 0 Å². The van der Waals surface area contributed by atoms with E-state index in [1.807, 2.05) is 30.3 Å². The number of amides is 3. The summed E-state index contributed by atoms with van der Waals surface area (Å²) in [4.78, 5) is 42.1. The molecule has 3 aromatic carbocycles. The monoisotopic (exact) mass is 577 g/mol. The predicted molar refractivity (Wildman–Crippen MR) is 151 cm³/mol. The number of nitrogens with one attached hydrogen (secondary N) is 1. The normalized spacial score (nSPS) is 17.1. The van der Waals surface area contributed by atoms with Crippen LogP contribution in [0.5, 0.6) is 0 Å². The number of carbonyl (C=O) groups excluding carboxylic acids is 3. The van der Waals surface area contributed by atoms with Crippen LogP contribution in [0.4, 0.5) is 4.39 Å². The zero-order chi connectivity index (χ0) is 29.0. The maximum Gasteiger partial charge on any atom is 0.269 e. The van der Waals surface area contributed by atoms with Gasteiger partial charge in [0, 0.05) is 19.0 Å². The molecule has 1 N–H and O–H groups in total. The SMILES string of the molecule is O=C(NC1CCCCC1)[C@H](Cc1ccccc1)N(Cc1ccc(F)cc1)C(=O)CN1C(=O)c2ccccc2S1(=O)=O. The van der Waals surface area contributed by atoms with Gasteiger partial charge >= 0.3 is 0 Å². The summed E-state index contributed by atoms with van der Waals surface area (Å²) in [5.74, 6) is -2.30. The molecule has 0 radical (unpaired) electrons. The third-order valence-electron chi connectivity index (χ3n) is 7.68. The van der Waals surface area contributed by atoms with Crippen LogP contribution < -0.4 is 5.32 Å². The van der Waals surface area contributed by atoms with Gasteiger partial charge in [0.05, 0.1) is 5.56 Å². The number of rotatable bonds is 9. The zero-order valence-corrected chi connectivity index (χ0v) is 23.4. The summed E-state index contributed by atoms with van der Waals surface area (Å²) in [7, 11) is -4.24. The summed E-state index contributed by atoms with van der Waals surface area (Å²) in [6.45, 7) is -0.844. The van der Waals surface area contributed by atoms with Gasteiger partial charge in [0.25, 0.3) is 15.9 Å².